The molecule has 1 fully saturated rings. The van der Waals surface area contributed by atoms with Gasteiger partial charge in [-0.1, -0.05) is 12.8 Å². The maximum Gasteiger partial charge on any atom is 0.191 e. The van der Waals surface area contributed by atoms with Crippen molar-refractivity contribution in [2.75, 3.05) is 26.7 Å². The maximum atomic E-state index is 4.39. The fraction of sp³-hybridized carbons (Fsp3) is 0.842. The van der Waals surface area contributed by atoms with Gasteiger partial charge in [0.05, 0.1) is 6.54 Å². The number of hydrogen-bond acceptors (Lipinski definition) is 4. The molecule has 0 saturated carbocycles. The van der Waals surface area contributed by atoms with Crippen LogP contribution >= 0.6 is 24.0 Å². The van der Waals surface area contributed by atoms with Crippen molar-refractivity contribution in [2.45, 2.75) is 77.4 Å². The molecule has 0 aliphatic carbocycles. The van der Waals surface area contributed by atoms with Gasteiger partial charge < -0.3 is 15.2 Å². The van der Waals surface area contributed by atoms with Crippen LogP contribution in [0.15, 0.2) is 4.99 Å². The summed E-state index contributed by atoms with van der Waals surface area (Å²) in [4.78, 5) is 6.98. The average Bonchev–Trinajstić information content (AvgIpc) is 2.89. The molecule has 7 nitrogen and oxygen atoms in total. The Balaban J connectivity index is 0.00000261. The lowest BCUT2D eigenvalue weighted by Crippen LogP contribution is -2.54. The van der Waals surface area contributed by atoms with Crippen LogP contribution in [0, 0.1) is 0 Å². The largest absolute Gasteiger partial charge is 0.355 e. The molecule has 27 heavy (non-hydrogen) atoms. The first kappa shape index (κ1) is 22.4. The Morgan fingerprint density at radius 3 is 2.44 bits per heavy atom. The molecule has 0 bridgehead atoms. The van der Waals surface area contributed by atoms with Crippen LogP contribution in [0.25, 0.3) is 0 Å². The molecular weight excluding hydrogens is 453 g/mol. The molecule has 1 aromatic rings. The molecular formula is C19H36IN7. The van der Waals surface area contributed by atoms with Crippen LogP contribution in [0.3, 0.4) is 0 Å². The number of guanidine groups is 1. The zero-order valence-corrected chi connectivity index (χ0v) is 19.5. The Morgan fingerprint density at radius 2 is 1.70 bits per heavy atom. The van der Waals surface area contributed by atoms with Crippen LogP contribution < -0.4 is 10.6 Å². The van der Waals surface area contributed by atoms with Crippen molar-refractivity contribution >= 4 is 29.9 Å². The van der Waals surface area contributed by atoms with E-state index in [0.717, 1.165) is 37.1 Å². The summed E-state index contributed by atoms with van der Waals surface area (Å²) in [7, 11) is 1.83. The van der Waals surface area contributed by atoms with Crippen LogP contribution in [0.5, 0.6) is 0 Å². The van der Waals surface area contributed by atoms with Crippen LogP contribution in [-0.2, 0) is 19.5 Å². The third kappa shape index (κ3) is 6.04. The summed E-state index contributed by atoms with van der Waals surface area (Å²) < 4.78 is 2.28. The highest BCUT2D eigenvalue weighted by Gasteiger charge is 2.28. The van der Waals surface area contributed by atoms with E-state index in [1.54, 1.807) is 0 Å². The molecule has 2 aliphatic rings. The number of aromatic nitrogens is 3. The number of aliphatic imine (C=N–C) groups is 1. The third-order valence-corrected chi connectivity index (χ3v) is 5.72. The second-order valence-electron chi connectivity index (χ2n) is 8.13. The van der Waals surface area contributed by atoms with Crippen LogP contribution in [-0.4, -0.2) is 57.8 Å². The minimum Gasteiger partial charge on any atom is -0.355 e. The molecule has 0 atom stereocenters. The van der Waals surface area contributed by atoms with Crippen molar-refractivity contribution in [3.05, 3.63) is 11.6 Å². The second-order valence-corrected chi connectivity index (χ2v) is 8.13. The maximum absolute atomic E-state index is 4.39. The van der Waals surface area contributed by atoms with Crippen LogP contribution in [0.4, 0.5) is 0 Å². The van der Waals surface area contributed by atoms with E-state index in [0.29, 0.717) is 6.54 Å². The summed E-state index contributed by atoms with van der Waals surface area (Å²) in [6.45, 7) is 9.61. The van der Waals surface area contributed by atoms with E-state index in [-0.39, 0.29) is 29.5 Å². The lowest BCUT2D eigenvalue weighted by molar-refractivity contribution is 0.0982. The van der Waals surface area contributed by atoms with E-state index in [9.17, 15) is 0 Å². The van der Waals surface area contributed by atoms with Gasteiger partial charge in [0.25, 0.3) is 0 Å². The predicted molar refractivity (Wildman–Crippen MR) is 121 cm³/mol. The number of nitrogens with zero attached hydrogens (tertiary/aromatic N) is 5. The van der Waals surface area contributed by atoms with Gasteiger partial charge in [-0.05, 0) is 52.6 Å². The molecule has 2 aliphatic heterocycles. The molecule has 3 rings (SSSR count). The van der Waals surface area contributed by atoms with Gasteiger partial charge in [0, 0.05) is 32.1 Å². The minimum atomic E-state index is 0. The molecule has 0 amide bonds. The van der Waals surface area contributed by atoms with Gasteiger partial charge in [-0.15, -0.1) is 34.2 Å². The predicted octanol–water partition coefficient (Wildman–Crippen LogP) is 2.55. The smallest absolute Gasteiger partial charge is 0.191 e. The zero-order chi connectivity index (χ0) is 18.4. The molecule has 2 N–H and O–H groups in total. The number of likely N-dealkylation sites (tertiary alicyclic amines) is 1. The van der Waals surface area contributed by atoms with Crippen LogP contribution in [0.1, 0.15) is 64.0 Å². The second kappa shape index (κ2) is 10.6. The molecule has 0 spiro atoms. The number of piperidine rings is 1. The molecule has 154 valence electrons. The fourth-order valence-electron chi connectivity index (χ4n) is 3.97. The lowest BCUT2D eigenvalue weighted by Gasteiger charge is -2.41. The Hall–Kier alpha value is -0.900. The quantitative estimate of drug-likeness (QED) is 0.378. The van der Waals surface area contributed by atoms with Gasteiger partial charge >= 0.3 is 0 Å². The monoisotopic (exact) mass is 489 g/mol. The van der Waals surface area contributed by atoms with Gasteiger partial charge in [0.1, 0.15) is 5.82 Å². The molecule has 1 saturated heterocycles. The zero-order valence-electron chi connectivity index (χ0n) is 17.1. The number of aryl methyl sites for hydroxylation is 1. The van der Waals surface area contributed by atoms with Gasteiger partial charge in [0.15, 0.2) is 11.8 Å². The number of hydrogen-bond donors (Lipinski definition) is 2. The summed E-state index contributed by atoms with van der Waals surface area (Å²) >= 11 is 0. The first-order valence-electron chi connectivity index (χ1n) is 10.2. The Bertz CT molecular complexity index is 605. The Morgan fingerprint density at radius 1 is 1.00 bits per heavy atom. The van der Waals surface area contributed by atoms with Gasteiger partial charge in [-0.25, -0.2) is 0 Å². The number of nitrogens with one attached hydrogen (secondary N) is 2. The molecule has 0 radical (unpaired) electrons. The summed E-state index contributed by atoms with van der Waals surface area (Å²) in [5.41, 5.74) is 0.129. The van der Waals surface area contributed by atoms with Crippen molar-refractivity contribution in [3.8, 4) is 0 Å². The summed E-state index contributed by atoms with van der Waals surface area (Å²) in [5.74, 6) is 2.98. The lowest BCUT2D eigenvalue weighted by atomic mass is 9.98. The summed E-state index contributed by atoms with van der Waals surface area (Å²) in [5, 5.41) is 15.7. The number of fused-ring (bicyclic) bond motifs is 1. The summed E-state index contributed by atoms with van der Waals surface area (Å²) in [6, 6.07) is 0. The van der Waals surface area contributed by atoms with Crippen molar-refractivity contribution < 1.29 is 0 Å². The van der Waals surface area contributed by atoms with Crippen molar-refractivity contribution in [2.24, 2.45) is 4.99 Å². The van der Waals surface area contributed by atoms with E-state index in [1.165, 1.54) is 51.6 Å². The number of halogens is 1. The van der Waals surface area contributed by atoms with Crippen molar-refractivity contribution in [3.63, 3.8) is 0 Å². The summed E-state index contributed by atoms with van der Waals surface area (Å²) in [6.07, 6.45) is 8.76. The van der Waals surface area contributed by atoms with Crippen LogP contribution in [0.2, 0.25) is 0 Å². The fourth-order valence-corrected chi connectivity index (χ4v) is 3.97. The topological polar surface area (TPSA) is 70.4 Å². The van der Waals surface area contributed by atoms with Gasteiger partial charge in [-0.2, -0.15) is 0 Å². The highest BCUT2D eigenvalue weighted by Crippen LogP contribution is 2.19. The average molecular weight is 489 g/mol. The van der Waals surface area contributed by atoms with Crippen molar-refractivity contribution in [1.82, 2.24) is 30.3 Å². The van der Waals surface area contributed by atoms with E-state index in [4.69, 9.17) is 0 Å². The Kier molecular flexibility index (Phi) is 8.78. The van der Waals surface area contributed by atoms with Gasteiger partial charge in [-0.3, -0.25) is 9.89 Å². The van der Waals surface area contributed by atoms with E-state index in [2.05, 4.69) is 49.1 Å². The SMILES string of the molecule is CN=C(NCc1nnc2n1CCCCC2)NCC(C)(C)N1CCCCC1.I. The highest BCUT2D eigenvalue weighted by molar-refractivity contribution is 14.0. The molecule has 8 heteroatoms. The minimum absolute atomic E-state index is 0. The normalized spacial score (nSPS) is 19.0. The standard InChI is InChI=1S/C19H35N7.HI/c1-19(2,25-11-7-5-8-12-25)15-22-18(20-3)21-14-17-24-23-16-10-6-4-9-13-26(16)17;/h4-15H2,1-3H3,(H2,20,21,22);1H. The third-order valence-electron chi connectivity index (χ3n) is 5.72. The number of rotatable bonds is 5. The van der Waals surface area contributed by atoms with E-state index in [1.807, 2.05) is 7.05 Å². The highest BCUT2D eigenvalue weighted by atomic mass is 127. The molecule has 1 aromatic heterocycles. The van der Waals surface area contributed by atoms with E-state index < -0.39 is 0 Å². The Labute approximate surface area is 180 Å². The van der Waals surface area contributed by atoms with E-state index >= 15 is 0 Å². The van der Waals surface area contributed by atoms with Gasteiger partial charge in [0.2, 0.25) is 0 Å². The van der Waals surface area contributed by atoms with Crippen molar-refractivity contribution in [1.29, 1.82) is 0 Å². The molecule has 3 heterocycles. The first-order chi connectivity index (χ1) is 12.6. The molecule has 0 aromatic carbocycles. The molecule has 0 unspecified atom stereocenters. The first-order valence-corrected chi connectivity index (χ1v) is 10.2.